The highest BCUT2D eigenvalue weighted by atomic mass is 35.5. The van der Waals surface area contributed by atoms with Gasteiger partial charge in [-0.05, 0) is 48.4 Å². The molecule has 41 heavy (non-hydrogen) atoms. The summed E-state index contributed by atoms with van der Waals surface area (Å²) in [5, 5.41) is 8.94. The summed E-state index contributed by atoms with van der Waals surface area (Å²) in [6.45, 7) is 0.303. The van der Waals surface area contributed by atoms with Gasteiger partial charge < -0.3 is 9.84 Å². The average Bonchev–Trinajstić information content (AvgIpc) is 2.89. The SMILES string of the molecule is CC(F)(F)c1cccc(S(=O)(=O)N2C[C@H](CCC(=O)O)Oc3ccc(C=Cc4c(Cl)cccc4C(F)(F)F)cc32)c1. The van der Waals surface area contributed by atoms with Gasteiger partial charge in [0.1, 0.15) is 11.9 Å². The number of carboxylic acid groups (broad SMARTS) is 1. The maximum atomic E-state index is 14.0. The van der Waals surface area contributed by atoms with Gasteiger partial charge in [-0.25, -0.2) is 17.2 Å². The van der Waals surface area contributed by atoms with Crippen LogP contribution in [0.25, 0.3) is 12.2 Å². The molecule has 6 nitrogen and oxygen atoms in total. The molecular weight excluding hydrogens is 593 g/mol. The van der Waals surface area contributed by atoms with E-state index in [1.54, 1.807) is 0 Å². The van der Waals surface area contributed by atoms with Crippen LogP contribution in [0.5, 0.6) is 5.75 Å². The fourth-order valence-corrected chi connectivity index (χ4v) is 6.07. The first-order chi connectivity index (χ1) is 19.1. The Morgan fingerprint density at radius 3 is 2.44 bits per heavy atom. The lowest BCUT2D eigenvalue weighted by Crippen LogP contribution is -2.43. The summed E-state index contributed by atoms with van der Waals surface area (Å²) in [5.41, 5.74) is -1.47. The third-order valence-electron chi connectivity index (χ3n) is 6.32. The first-order valence-corrected chi connectivity index (χ1v) is 14.0. The molecule has 1 aliphatic heterocycles. The van der Waals surface area contributed by atoms with Crippen LogP contribution < -0.4 is 9.04 Å². The maximum Gasteiger partial charge on any atom is 0.417 e. The Morgan fingerprint density at radius 2 is 1.78 bits per heavy atom. The van der Waals surface area contributed by atoms with Gasteiger partial charge in [0.15, 0.2) is 0 Å². The molecule has 0 saturated heterocycles. The Bertz CT molecular complexity index is 1600. The lowest BCUT2D eigenvalue weighted by Gasteiger charge is -2.35. The highest BCUT2D eigenvalue weighted by Gasteiger charge is 2.36. The minimum atomic E-state index is -4.67. The summed E-state index contributed by atoms with van der Waals surface area (Å²) < 4.78 is 103. The Hall–Kier alpha value is -3.64. The summed E-state index contributed by atoms with van der Waals surface area (Å²) in [7, 11) is -4.47. The van der Waals surface area contributed by atoms with E-state index >= 15 is 0 Å². The maximum absolute atomic E-state index is 14.0. The summed E-state index contributed by atoms with van der Waals surface area (Å²) in [6, 6.07) is 11.9. The summed E-state index contributed by atoms with van der Waals surface area (Å²) >= 11 is 6.03. The van der Waals surface area contributed by atoms with Gasteiger partial charge >= 0.3 is 12.1 Å². The molecule has 3 aromatic carbocycles. The first kappa shape index (κ1) is 30.3. The Morgan fingerprint density at radius 1 is 1.07 bits per heavy atom. The van der Waals surface area contributed by atoms with Crippen molar-refractivity contribution in [3.05, 3.63) is 87.9 Å². The topological polar surface area (TPSA) is 83.9 Å². The Balaban J connectivity index is 1.78. The summed E-state index contributed by atoms with van der Waals surface area (Å²) in [6.07, 6.45) is -3.43. The number of ether oxygens (including phenoxy) is 1. The number of aliphatic carboxylic acids is 1. The molecule has 0 bridgehead atoms. The number of hydrogen-bond donors (Lipinski definition) is 1. The van der Waals surface area contributed by atoms with E-state index in [4.69, 9.17) is 21.4 Å². The molecular formula is C28H23ClF5NO5S. The standard InChI is InChI=1S/C28H23ClF5NO5S/c1-27(30,31)18-4-2-5-20(15-18)41(38,39)35-16-19(10-13-26(36)37)40-25-12-9-17(14-24(25)35)8-11-21-22(28(32,33)34)6-3-7-23(21)29/h2-9,11-12,14-15,19H,10,13,16H2,1H3,(H,36,37)/t19-/m0/s1. The van der Waals surface area contributed by atoms with Crippen molar-refractivity contribution >= 4 is 45.4 Å². The van der Waals surface area contributed by atoms with Crippen LogP contribution in [0.2, 0.25) is 5.02 Å². The third-order valence-corrected chi connectivity index (χ3v) is 8.43. The fourth-order valence-electron chi connectivity index (χ4n) is 4.29. The van der Waals surface area contributed by atoms with E-state index in [0.717, 1.165) is 34.6 Å². The van der Waals surface area contributed by atoms with Crippen LogP contribution in [0.15, 0.2) is 65.6 Å². The number of sulfonamides is 1. The molecule has 1 heterocycles. The zero-order valence-electron chi connectivity index (χ0n) is 21.3. The predicted molar refractivity (Wildman–Crippen MR) is 144 cm³/mol. The second-order valence-corrected chi connectivity index (χ2v) is 11.7. The summed E-state index contributed by atoms with van der Waals surface area (Å²) in [4.78, 5) is 10.7. The zero-order valence-corrected chi connectivity index (χ0v) is 22.9. The first-order valence-electron chi connectivity index (χ1n) is 12.1. The van der Waals surface area contributed by atoms with Gasteiger partial charge in [-0.2, -0.15) is 13.2 Å². The van der Waals surface area contributed by atoms with Gasteiger partial charge in [-0.3, -0.25) is 9.10 Å². The van der Waals surface area contributed by atoms with E-state index in [1.165, 1.54) is 42.5 Å². The largest absolute Gasteiger partial charge is 0.486 e. The van der Waals surface area contributed by atoms with Gasteiger partial charge in [0, 0.05) is 29.5 Å². The molecule has 1 N–H and O–H groups in total. The number of fused-ring (bicyclic) bond motifs is 1. The van der Waals surface area contributed by atoms with Gasteiger partial charge in [-0.15, -0.1) is 0 Å². The quantitative estimate of drug-likeness (QED) is 0.210. The fraction of sp³-hybridized carbons (Fsp3) is 0.250. The van der Waals surface area contributed by atoms with Crippen LogP contribution in [-0.4, -0.2) is 32.1 Å². The number of carbonyl (C=O) groups is 1. The molecule has 1 atom stereocenters. The molecule has 0 aromatic heterocycles. The normalized spacial score (nSPS) is 16.0. The van der Waals surface area contributed by atoms with Crippen molar-refractivity contribution in [3.63, 3.8) is 0 Å². The third kappa shape index (κ3) is 6.82. The van der Waals surface area contributed by atoms with E-state index in [2.05, 4.69) is 0 Å². The number of hydrogen-bond acceptors (Lipinski definition) is 4. The second kappa shape index (κ2) is 11.3. The van der Waals surface area contributed by atoms with Crippen LogP contribution >= 0.6 is 11.6 Å². The summed E-state index contributed by atoms with van der Waals surface area (Å²) in [5.74, 6) is -4.37. The minimum Gasteiger partial charge on any atom is -0.486 e. The van der Waals surface area contributed by atoms with Crippen molar-refractivity contribution in [2.45, 2.75) is 42.9 Å². The van der Waals surface area contributed by atoms with Gasteiger partial charge in [0.05, 0.1) is 22.7 Å². The van der Waals surface area contributed by atoms with Crippen LogP contribution in [0, 0.1) is 0 Å². The smallest absolute Gasteiger partial charge is 0.417 e. The van der Waals surface area contributed by atoms with E-state index in [9.17, 15) is 35.2 Å². The zero-order chi connectivity index (χ0) is 30.2. The van der Waals surface area contributed by atoms with Crippen molar-refractivity contribution in [2.24, 2.45) is 0 Å². The van der Waals surface area contributed by atoms with Crippen molar-refractivity contribution in [1.82, 2.24) is 0 Å². The van der Waals surface area contributed by atoms with E-state index in [-0.39, 0.29) is 41.4 Å². The van der Waals surface area contributed by atoms with Crippen molar-refractivity contribution in [3.8, 4) is 5.75 Å². The van der Waals surface area contributed by atoms with Crippen LogP contribution in [0.3, 0.4) is 0 Å². The van der Waals surface area contributed by atoms with Crippen molar-refractivity contribution < 1.29 is 45.0 Å². The average molecular weight is 616 g/mol. The number of halogens is 6. The Kier molecular flexibility index (Phi) is 8.38. The second-order valence-electron chi connectivity index (χ2n) is 9.38. The monoisotopic (exact) mass is 615 g/mol. The van der Waals surface area contributed by atoms with Gasteiger partial charge in [0.25, 0.3) is 15.9 Å². The highest BCUT2D eigenvalue weighted by molar-refractivity contribution is 7.92. The number of rotatable bonds is 8. The van der Waals surface area contributed by atoms with Crippen LogP contribution in [0.1, 0.15) is 42.0 Å². The number of benzene rings is 3. The molecule has 13 heteroatoms. The van der Waals surface area contributed by atoms with E-state index < -0.39 is 50.2 Å². The molecule has 218 valence electrons. The highest BCUT2D eigenvalue weighted by Crippen LogP contribution is 2.40. The molecule has 0 aliphatic carbocycles. The number of alkyl halides is 5. The molecule has 0 saturated carbocycles. The van der Waals surface area contributed by atoms with Gasteiger partial charge in [-0.1, -0.05) is 48.0 Å². The predicted octanol–water partition coefficient (Wildman–Crippen LogP) is 7.46. The number of nitrogens with zero attached hydrogens (tertiary/aromatic N) is 1. The number of carboxylic acids is 1. The van der Waals surface area contributed by atoms with Crippen molar-refractivity contribution in [2.75, 3.05) is 10.8 Å². The molecule has 0 radical (unpaired) electrons. The molecule has 3 aromatic rings. The number of anilines is 1. The molecule has 0 unspecified atom stereocenters. The molecule has 1 aliphatic rings. The minimum absolute atomic E-state index is 0.00240. The van der Waals surface area contributed by atoms with E-state index in [1.807, 2.05) is 0 Å². The van der Waals surface area contributed by atoms with E-state index in [0.29, 0.717) is 12.5 Å². The Labute approximate surface area is 237 Å². The molecule has 0 spiro atoms. The van der Waals surface area contributed by atoms with Crippen LogP contribution in [-0.2, 0) is 26.9 Å². The lowest BCUT2D eigenvalue weighted by molar-refractivity contribution is -0.138. The van der Waals surface area contributed by atoms with Gasteiger partial charge in [0.2, 0.25) is 0 Å². The lowest BCUT2D eigenvalue weighted by atomic mass is 10.0. The van der Waals surface area contributed by atoms with Crippen LogP contribution in [0.4, 0.5) is 27.6 Å². The molecule has 0 amide bonds. The van der Waals surface area contributed by atoms with Crippen molar-refractivity contribution in [1.29, 1.82) is 0 Å². The molecule has 0 fully saturated rings. The molecule has 4 rings (SSSR count).